The van der Waals surface area contributed by atoms with Crippen molar-refractivity contribution in [2.75, 3.05) is 26.7 Å². The standard InChI is InChI=1S/C21H34N2O2/c1-6-23(7-2)16(4)14-22-21(24)13-19(17-8-9-17)18-10-11-20(25-5)15(3)12-18/h10-12,16-17,19H,6-9,13-14H2,1-5H3,(H,22,24). The van der Waals surface area contributed by atoms with Gasteiger partial charge in [0.15, 0.2) is 0 Å². The summed E-state index contributed by atoms with van der Waals surface area (Å²) < 4.78 is 5.36. The maximum Gasteiger partial charge on any atom is 0.220 e. The van der Waals surface area contributed by atoms with Gasteiger partial charge in [-0.3, -0.25) is 9.69 Å². The van der Waals surface area contributed by atoms with E-state index in [1.165, 1.54) is 18.4 Å². The van der Waals surface area contributed by atoms with Crippen LogP contribution in [-0.2, 0) is 4.79 Å². The molecule has 4 heteroatoms. The number of hydrogen-bond donors (Lipinski definition) is 1. The van der Waals surface area contributed by atoms with Crippen molar-refractivity contribution in [3.05, 3.63) is 29.3 Å². The van der Waals surface area contributed by atoms with Crippen molar-refractivity contribution in [3.63, 3.8) is 0 Å². The van der Waals surface area contributed by atoms with Crippen molar-refractivity contribution in [1.82, 2.24) is 10.2 Å². The number of carbonyl (C=O) groups is 1. The van der Waals surface area contributed by atoms with Gasteiger partial charge in [-0.15, -0.1) is 0 Å². The largest absolute Gasteiger partial charge is 0.496 e. The van der Waals surface area contributed by atoms with Crippen LogP contribution in [0.4, 0.5) is 0 Å². The molecule has 1 N–H and O–H groups in total. The molecule has 0 heterocycles. The molecular formula is C21H34N2O2. The van der Waals surface area contributed by atoms with Gasteiger partial charge in [-0.1, -0.05) is 26.0 Å². The van der Waals surface area contributed by atoms with Gasteiger partial charge < -0.3 is 10.1 Å². The molecule has 1 fully saturated rings. The van der Waals surface area contributed by atoms with Crippen LogP contribution in [0.2, 0.25) is 0 Å². The fourth-order valence-corrected chi connectivity index (χ4v) is 3.70. The quantitative estimate of drug-likeness (QED) is 0.702. The molecule has 1 aliphatic rings. The number of carbonyl (C=O) groups excluding carboxylic acids is 1. The highest BCUT2D eigenvalue weighted by Crippen LogP contribution is 2.45. The van der Waals surface area contributed by atoms with E-state index in [1.54, 1.807) is 7.11 Å². The molecule has 0 saturated heterocycles. The van der Waals surface area contributed by atoms with Crippen molar-refractivity contribution >= 4 is 5.91 Å². The molecule has 140 valence electrons. The molecule has 1 amide bonds. The highest BCUT2D eigenvalue weighted by molar-refractivity contribution is 5.77. The number of amides is 1. The van der Waals surface area contributed by atoms with Crippen LogP contribution < -0.4 is 10.1 Å². The lowest BCUT2D eigenvalue weighted by Crippen LogP contribution is -2.42. The Hall–Kier alpha value is -1.55. The van der Waals surface area contributed by atoms with E-state index in [4.69, 9.17) is 4.74 Å². The summed E-state index contributed by atoms with van der Waals surface area (Å²) in [5.41, 5.74) is 2.41. The minimum absolute atomic E-state index is 0.171. The Balaban J connectivity index is 1.95. The van der Waals surface area contributed by atoms with Crippen LogP contribution in [0.3, 0.4) is 0 Å². The maximum absolute atomic E-state index is 12.5. The number of hydrogen-bond acceptors (Lipinski definition) is 3. The second-order valence-corrected chi connectivity index (χ2v) is 7.25. The van der Waals surface area contributed by atoms with Crippen molar-refractivity contribution in [3.8, 4) is 5.75 Å². The molecule has 0 bridgehead atoms. The first-order chi connectivity index (χ1) is 12.0. The number of ether oxygens (including phenoxy) is 1. The highest BCUT2D eigenvalue weighted by atomic mass is 16.5. The fourth-order valence-electron chi connectivity index (χ4n) is 3.70. The van der Waals surface area contributed by atoms with Gasteiger partial charge >= 0.3 is 0 Å². The summed E-state index contributed by atoms with van der Waals surface area (Å²) in [5.74, 6) is 2.06. The predicted octanol–water partition coefficient (Wildman–Crippen LogP) is 3.73. The van der Waals surface area contributed by atoms with Crippen molar-refractivity contribution in [1.29, 1.82) is 0 Å². The molecule has 0 radical (unpaired) electrons. The summed E-state index contributed by atoms with van der Waals surface area (Å²) >= 11 is 0. The Morgan fingerprint density at radius 3 is 2.52 bits per heavy atom. The molecule has 0 spiro atoms. The van der Waals surface area contributed by atoms with Gasteiger partial charge in [-0.05, 0) is 68.8 Å². The van der Waals surface area contributed by atoms with Crippen LogP contribution in [0.15, 0.2) is 18.2 Å². The van der Waals surface area contributed by atoms with Gasteiger partial charge in [0.25, 0.3) is 0 Å². The van der Waals surface area contributed by atoms with E-state index in [0.29, 0.717) is 24.3 Å². The lowest BCUT2D eigenvalue weighted by atomic mass is 9.89. The summed E-state index contributed by atoms with van der Waals surface area (Å²) in [4.78, 5) is 14.9. The minimum atomic E-state index is 0.171. The summed E-state index contributed by atoms with van der Waals surface area (Å²) in [6, 6.07) is 6.72. The molecule has 25 heavy (non-hydrogen) atoms. The average molecular weight is 347 g/mol. The van der Waals surface area contributed by atoms with Crippen LogP contribution in [0.5, 0.6) is 5.75 Å². The van der Waals surface area contributed by atoms with E-state index in [1.807, 2.05) is 6.07 Å². The zero-order valence-electron chi connectivity index (χ0n) is 16.5. The Kier molecular flexibility index (Phi) is 7.30. The summed E-state index contributed by atoms with van der Waals surface area (Å²) in [6.07, 6.45) is 3.05. The number of methoxy groups -OCH3 is 1. The van der Waals surface area contributed by atoms with Crippen LogP contribution in [0, 0.1) is 12.8 Å². The van der Waals surface area contributed by atoms with E-state index in [2.05, 4.69) is 50.0 Å². The zero-order valence-corrected chi connectivity index (χ0v) is 16.5. The smallest absolute Gasteiger partial charge is 0.220 e. The SMILES string of the molecule is CCN(CC)C(C)CNC(=O)CC(c1ccc(OC)c(C)c1)C1CC1. The van der Waals surface area contributed by atoms with Crippen molar-refractivity contribution in [2.45, 2.75) is 58.9 Å². The Bertz CT molecular complexity index is 565. The summed E-state index contributed by atoms with van der Waals surface area (Å²) in [6.45, 7) is 11.3. The summed E-state index contributed by atoms with van der Waals surface area (Å²) in [5, 5.41) is 3.15. The zero-order chi connectivity index (χ0) is 18.4. The molecule has 1 aliphatic carbocycles. The molecule has 1 aromatic carbocycles. The van der Waals surface area contributed by atoms with Crippen molar-refractivity contribution < 1.29 is 9.53 Å². The lowest BCUT2D eigenvalue weighted by molar-refractivity contribution is -0.121. The number of nitrogens with zero attached hydrogens (tertiary/aromatic N) is 1. The molecule has 1 aromatic rings. The van der Waals surface area contributed by atoms with E-state index in [9.17, 15) is 4.79 Å². The number of rotatable bonds is 10. The van der Waals surface area contributed by atoms with E-state index in [0.717, 1.165) is 30.9 Å². The maximum atomic E-state index is 12.5. The molecule has 2 atom stereocenters. The minimum Gasteiger partial charge on any atom is -0.496 e. The molecule has 2 unspecified atom stereocenters. The molecular weight excluding hydrogens is 312 g/mol. The van der Waals surface area contributed by atoms with Crippen LogP contribution in [0.1, 0.15) is 57.1 Å². The lowest BCUT2D eigenvalue weighted by Gasteiger charge is -2.27. The van der Waals surface area contributed by atoms with Crippen LogP contribution in [-0.4, -0.2) is 43.6 Å². The molecule has 0 aliphatic heterocycles. The van der Waals surface area contributed by atoms with E-state index < -0.39 is 0 Å². The monoisotopic (exact) mass is 346 g/mol. The van der Waals surface area contributed by atoms with Gasteiger partial charge in [0.1, 0.15) is 5.75 Å². The number of benzene rings is 1. The Morgan fingerprint density at radius 1 is 1.32 bits per heavy atom. The second kappa shape index (κ2) is 9.23. The second-order valence-electron chi connectivity index (χ2n) is 7.25. The number of nitrogens with one attached hydrogen (secondary N) is 1. The molecule has 1 saturated carbocycles. The third-order valence-corrected chi connectivity index (χ3v) is 5.47. The highest BCUT2D eigenvalue weighted by Gasteiger charge is 2.34. The first kappa shape index (κ1) is 19.8. The number of aryl methyl sites for hydroxylation is 1. The molecule has 0 aromatic heterocycles. The van der Waals surface area contributed by atoms with Gasteiger partial charge in [0, 0.05) is 19.0 Å². The topological polar surface area (TPSA) is 41.6 Å². The first-order valence-electron chi connectivity index (χ1n) is 9.65. The third kappa shape index (κ3) is 5.46. The van der Waals surface area contributed by atoms with E-state index in [-0.39, 0.29) is 5.91 Å². The van der Waals surface area contributed by atoms with Gasteiger partial charge in [0.2, 0.25) is 5.91 Å². The summed E-state index contributed by atoms with van der Waals surface area (Å²) in [7, 11) is 1.70. The first-order valence-corrected chi connectivity index (χ1v) is 9.65. The molecule has 2 rings (SSSR count). The van der Waals surface area contributed by atoms with Crippen LogP contribution in [0.25, 0.3) is 0 Å². The van der Waals surface area contributed by atoms with E-state index >= 15 is 0 Å². The fraction of sp³-hybridized carbons (Fsp3) is 0.667. The van der Waals surface area contributed by atoms with Crippen LogP contribution >= 0.6 is 0 Å². The third-order valence-electron chi connectivity index (χ3n) is 5.47. The normalized spacial score (nSPS) is 16.6. The van der Waals surface area contributed by atoms with Gasteiger partial charge in [-0.25, -0.2) is 0 Å². The van der Waals surface area contributed by atoms with Gasteiger partial charge in [-0.2, -0.15) is 0 Å². The van der Waals surface area contributed by atoms with Crippen molar-refractivity contribution in [2.24, 2.45) is 5.92 Å². The Morgan fingerprint density at radius 2 is 2.00 bits per heavy atom. The van der Waals surface area contributed by atoms with Gasteiger partial charge in [0.05, 0.1) is 7.11 Å². The average Bonchev–Trinajstić information content (AvgIpc) is 3.43. The number of likely N-dealkylation sites (N-methyl/N-ethyl adjacent to an activating group) is 1. The predicted molar refractivity (Wildman–Crippen MR) is 103 cm³/mol. The molecule has 4 nitrogen and oxygen atoms in total. The Labute approximate surface area is 152 Å².